The molecule has 0 saturated carbocycles. The number of para-hydroxylation sites is 2. The van der Waals surface area contributed by atoms with Gasteiger partial charge in [0.05, 0.1) is 19.7 Å². The van der Waals surface area contributed by atoms with Gasteiger partial charge in [-0.05, 0) is 36.4 Å². The van der Waals surface area contributed by atoms with E-state index in [1.54, 1.807) is 0 Å². The Hall–Kier alpha value is -2.27. The molecule has 0 unspecified atom stereocenters. The minimum absolute atomic E-state index is 0.648. The Bertz CT molecular complexity index is 840. The summed E-state index contributed by atoms with van der Waals surface area (Å²) in [6, 6.07) is 16.1. The molecular formula is C19H21BrN3O+. The van der Waals surface area contributed by atoms with E-state index in [-0.39, 0.29) is 0 Å². The molecule has 2 N–H and O–H groups in total. The van der Waals surface area contributed by atoms with Gasteiger partial charge in [-0.3, -0.25) is 5.73 Å². The minimum Gasteiger partial charge on any atom is -0.493 e. The first-order chi connectivity index (χ1) is 11.7. The van der Waals surface area contributed by atoms with Gasteiger partial charge in [-0.2, -0.15) is 0 Å². The van der Waals surface area contributed by atoms with E-state index in [2.05, 4.69) is 43.8 Å². The third-order valence-electron chi connectivity index (χ3n) is 3.94. The van der Waals surface area contributed by atoms with Crippen LogP contribution in [0.5, 0.6) is 5.75 Å². The number of ether oxygens (including phenoxy) is 1. The highest BCUT2D eigenvalue weighted by Crippen LogP contribution is 2.17. The van der Waals surface area contributed by atoms with Gasteiger partial charge < -0.3 is 4.74 Å². The molecule has 0 spiro atoms. The topological polar surface area (TPSA) is 44.1 Å². The summed E-state index contributed by atoms with van der Waals surface area (Å²) in [5, 5.41) is 0. The molecule has 0 aliphatic heterocycles. The van der Waals surface area contributed by atoms with Crippen molar-refractivity contribution in [1.29, 1.82) is 0 Å². The average molecular weight is 387 g/mol. The van der Waals surface area contributed by atoms with Crippen LogP contribution in [-0.4, -0.2) is 11.2 Å². The SMILES string of the molecule is C=CCn1c(N)[n+](CCCOc2ccc(Br)cc2)c2ccccc21. The second kappa shape index (κ2) is 7.53. The number of nitrogens with zero attached hydrogens (tertiary/aromatic N) is 2. The fourth-order valence-corrected chi connectivity index (χ4v) is 3.08. The summed E-state index contributed by atoms with van der Waals surface area (Å²) in [5.41, 5.74) is 8.61. The number of rotatable bonds is 7. The van der Waals surface area contributed by atoms with Crippen LogP contribution in [0.2, 0.25) is 0 Å². The van der Waals surface area contributed by atoms with Crippen molar-refractivity contribution in [3.05, 3.63) is 65.7 Å². The number of nitrogen functional groups attached to an aromatic ring is 1. The Labute approximate surface area is 150 Å². The van der Waals surface area contributed by atoms with E-state index in [4.69, 9.17) is 10.5 Å². The van der Waals surface area contributed by atoms with Crippen molar-refractivity contribution in [2.75, 3.05) is 12.3 Å². The summed E-state index contributed by atoms with van der Waals surface area (Å²) in [5.74, 6) is 1.63. The molecule has 0 bridgehead atoms. The molecule has 4 nitrogen and oxygen atoms in total. The van der Waals surface area contributed by atoms with Gasteiger partial charge in [0.25, 0.3) is 0 Å². The maximum absolute atomic E-state index is 6.34. The van der Waals surface area contributed by atoms with Crippen molar-refractivity contribution < 1.29 is 9.30 Å². The van der Waals surface area contributed by atoms with Crippen LogP contribution in [-0.2, 0) is 13.1 Å². The van der Waals surface area contributed by atoms with Crippen molar-refractivity contribution in [1.82, 2.24) is 4.57 Å². The molecule has 5 heteroatoms. The van der Waals surface area contributed by atoms with E-state index in [0.717, 1.165) is 40.2 Å². The van der Waals surface area contributed by atoms with Crippen LogP contribution in [0.25, 0.3) is 11.0 Å². The number of hydrogen-bond acceptors (Lipinski definition) is 2. The molecule has 0 aliphatic carbocycles. The highest BCUT2D eigenvalue weighted by Gasteiger charge is 2.19. The molecule has 3 aromatic rings. The van der Waals surface area contributed by atoms with Gasteiger partial charge in [0.15, 0.2) is 0 Å². The number of imidazole rings is 1. The Balaban J connectivity index is 1.69. The molecular weight excluding hydrogens is 366 g/mol. The number of benzene rings is 2. The number of allylic oxidation sites excluding steroid dienone is 1. The number of aryl methyl sites for hydroxylation is 1. The summed E-state index contributed by atoms with van der Waals surface area (Å²) in [4.78, 5) is 0. The van der Waals surface area contributed by atoms with Gasteiger partial charge in [0, 0.05) is 10.9 Å². The molecule has 3 rings (SSSR count). The van der Waals surface area contributed by atoms with Gasteiger partial charge in [0.2, 0.25) is 0 Å². The van der Waals surface area contributed by atoms with Gasteiger partial charge in [0.1, 0.15) is 16.8 Å². The Morgan fingerprint density at radius 2 is 1.92 bits per heavy atom. The average Bonchev–Trinajstić information content (AvgIpc) is 2.86. The predicted molar refractivity (Wildman–Crippen MR) is 101 cm³/mol. The lowest BCUT2D eigenvalue weighted by Gasteiger charge is -2.06. The Morgan fingerprint density at radius 3 is 2.67 bits per heavy atom. The highest BCUT2D eigenvalue weighted by molar-refractivity contribution is 9.10. The largest absolute Gasteiger partial charge is 0.493 e. The van der Waals surface area contributed by atoms with Crippen LogP contribution in [0.1, 0.15) is 6.42 Å². The van der Waals surface area contributed by atoms with Crippen LogP contribution >= 0.6 is 15.9 Å². The van der Waals surface area contributed by atoms with Crippen molar-refractivity contribution in [2.45, 2.75) is 19.5 Å². The number of hydrogen-bond donors (Lipinski definition) is 1. The summed E-state index contributed by atoms with van der Waals surface area (Å²) < 4.78 is 11.1. The number of aromatic nitrogens is 2. The maximum Gasteiger partial charge on any atom is 0.356 e. The summed E-state index contributed by atoms with van der Waals surface area (Å²) in [6.07, 6.45) is 2.75. The van der Waals surface area contributed by atoms with Crippen molar-refractivity contribution >= 4 is 32.9 Å². The zero-order chi connectivity index (χ0) is 16.9. The standard InChI is InChI=1S/C19H20BrN3O/c1-2-12-22-17-6-3-4-7-18(17)23(19(22)21)13-5-14-24-16-10-8-15(20)9-11-16/h2-4,6-11,21H,1,5,12-14H2/p+1. The quantitative estimate of drug-likeness (QED) is 0.379. The van der Waals surface area contributed by atoms with Crippen LogP contribution in [0.4, 0.5) is 5.95 Å². The normalized spacial score (nSPS) is 10.9. The summed E-state index contributed by atoms with van der Waals surface area (Å²) in [7, 11) is 0. The molecule has 124 valence electrons. The third kappa shape index (κ3) is 3.46. The molecule has 1 heterocycles. The number of fused-ring (bicyclic) bond motifs is 1. The van der Waals surface area contributed by atoms with Crippen LogP contribution in [0.15, 0.2) is 65.7 Å². The molecule has 24 heavy (non-hydrogen) atoms. The number of halogens is 1. The maximum atomic E-state index is 6.34. The minimum atomic E-state index is 0.648. The lowest BCUT2D eigenvalue weighted by Crippen LogP contribution is -2.37. The Morgan fingerprint density at radius 1 is 1.17 bits per heavy atom. The van der Waals surface area contributed by atoms with E-state index in [1.165, 1.54) is 0 Å². The van der Waals surface area contributed by atoms with E-state index in [1.807, 2.05) is 42.5 Å². The van der Waals surface area contributed by atoms with E-state index >= 15 is 0 Å². The van der Waals surface area contributed by atoms with Crippen LogP contribution < -0.4 is 15.0 Å². The molecule has 0 saturated heterocycles. The van der Waals surface area contributed by atoms with Gasteiger partial charge >= 0.3 is 5.95 Å². The smallest absolute Gasteiger partial charge is 0.356 e. The zero-order valence-electron chi connectivity index (χ0n) is 13.5. The second-order valence-electron chi connectivity index (χ2n) is 5.55. The first-order valence-electron chi connectivity index (χ1n) is 7.96. The fraction of sp³-hybridized carbons (Fsp3) is 0.211. The monoisotopic (exact) mass is 386 g/mol. The molecule has 0 aliphatic rings. The van der Waals surface area contributed by atoms with E-state index < -0.39 is 0 Å². The molecule has 0 amide bonds. The van der Waals surface area contributed by atoms with E-state index in [9.17, 15) is 0 Å². The Kier molecular flexibility index (Phi) is 5.20. The molecule has 0 atom stereocenters. The van der Waals surface area contributed by atoms with E-state index in [0.29, 0.717) is 13.2 Å². The first kappa shape index (κ1) is 16.6. The number of nitrogens with two attached hydrogens (primary N) is 1. The van der Waals surface area contributed by atoms with Gasteiger partial charge in [-0.1, -0.05) is 40.7 Å². The lowest BCUT2D eigenvalue weighted by atomic mass is 10.3. The highest BCUT2D eigenvalue weighted by atomic mass is 79.9. The van der Waals surface area contributed by atoms with Crippen LogP contribution in [0, 0.1) is 0 Å². The number of anilines is 1. The lowest BCUT2D eigenvalue weighted by molar-refractivity contribution is -0.657. The van der Waals surface area contributed by atoms with Crippen molar-refractivity contribution in [3.8, 4) is 5.75 Å². The third-order valence-corrected chi connectivity index (χ3v) is 4.47. The van der Waals surface area contributed by atoms with Crippen molar-refractivity contribution in [3.63, 3.8) is 0 Å². The predicted octanol–water partition coefficient (Wildman–Crippen LogP) is 3.93. The zero-order valence-corrected chi connectivity index (χ0v) is 15.1. The first-order valence-corrected chi connectivity index (χ1v) is 8.76. The molecule has 0 radical (unpaired) electrons. The summed E-state index contributed by atoms with van der Waals surface area (Å²) >= 11 is 3.42. The molecule has 2 aromatic carbocycles. The van der Waals surface area contributed by atoms with Gasteiger partial charge in [-0.15, -0.1) is 0 Å². The molecule has 0 fully saturated rings. The molecule has 1 aromatic heterocycles. The fourth-order valence-electron chi connectivity index (χ4n) is 2.81. The summed E-state index contributed by atoms with van der Waals surface area (Å²) in [6.45, 7) is 5.98. The van der Waals surface area contributed by atoms with Gasteiger partial charge in [-0.25, -0.2) is 9.13 Å². The second-order valence-corrected chi connectivity index (χ2v) is 6.47. The van der Waals surface area contributed by atoms with Crippen LogP contribution in [0.3, 0.4) is 0 Å². The van der Waals surface area contributed by atoms with Crippen molar-refractivity contribution in [2.24, 2.45) is 0 Å².